The normalized spacial score (nSPS) is 21.0. The van der Waals surface area contributed by atoms with Gasteiger partial charge in [0.2, 0.25) is 0 Å². The molecule has 0 N–H and O–H groups in total. The summed E-state index contributed by atoms with van der Waals surface area (Å²) in [5, 5.41) is -1.14. The van der Waals surface area contributed by atoms with Crippen LogP contribution in [0.4, 0.5) is 0 Å². The molecule has 0 radical (unpaired) electrons. The Kier molecular flexibility index (Phi) is 8.43. The Labute approximate surface area is 234 Å². The van der Waals surface area contributed by atoms with Crippen molar-refractivity contribution < 1.29 is 23.8 Å². The monoisotopic (exact) mass is 564 g/mol. The Bertz CT molecular complexity index is 1490. The summed E-state index contributed by atoms with van der Waals surface area (Å²) in [6, 6.07) is 16.9. The molecule has 1 saturated heterocycles. The molecule has 1 fully saturated rings. The molecule has 0 aliphatic carbocycles. The van der Waals surface area contributed by atoms with E-state index in [2.05, 4.69) is 0 Å². The Balaban J connectivity index is 1.76. The van der Waals surface area contributed by atoms with Crippen LogP contribution in [0.25, 0.3) is 0 Å². The molecular weight excluding hydrogens is 528 g/mol. The van der Waals surface area contributed by atoms with Crippen molar-refractivity contribution in [3.63, 3.8) is 0 Å². The number of carbonyl (C=O) groups excluding carboxylic acids is 2. The minimum Gasteiger partial charge on any atom is -0.459 e. The van der Waals surface area contributed by atoms with Crippen LogP contribution in [0, 0.1) is 6.92 Å². The lowest BCUT2D eigenvalue weighted by Gasteiger charge is -2.35. The maximum atomic E-state index is 13.9. The Hall–Kier alpha value is -3.60. The van der Waals surface area contributed by atoms with Crippen LogP contribution in [0.15, 0.2) is 76.4 Å². The molecule has 0 spiro atoms. The molecule has 0 amide bonds. The van der Waals surface area contributed by atoms with Crippen molar-refractivity contribution in [2.45, 2.75) is 70.4 Å². The van der Waals surface area contributed by atoms with Gasteiger partial charge >= 0.3 is 11.7 Å². The van der Waals surface area contributed by atoms with Crippen molar-refractivity contribution >= 4 is 20.7 Å². The molecule has 2 heterocycles. The Morgan fingerprint density at radius 3 is 2.12 bits per heavy atom. The molecule has 0 saturated carbocycles. The average molecular weight is 565 g/mol. The second kappa shape index (κ2) is 11.5. The third-order valence-electron chi connectivity index (χ3n) is 6.95. The van der Waals surface area contributed by atoms with E-state index in [1.807, 2.05) is 39.9 Å². The second-order valence-corrected chi connectivity index (χ2v) is 14.6. The highest BCUT2D eigenvalue weighted by atomic mass is 28.3. The maximum absolute atomic E-state index is 13.9. The van der Waals surface area contributed by atoms with Crippen LogP contribution in [0.2, 0.25) is 13.1 Å². The Morgan fingerprint density at radius 2 is 1.57 bits per heavy atom. The number of carbonyl (C=O) groups is 2. The van der Waals surface area contributed by atoms with Gasteiger partial charge in [0, 0.05) is 23.7 Å². The van der Waals surface area contributed by atoms with E-state index in [1.54, 1.807) is 61.5 Å². The summed E-state index contributed by atoms with van der Waals surface area (Å²) in [5.74, 6) is -1.20. The van der Waals surface area contributed by atoms with Gasteiger partial charge in [-0.05, 0) is 52.0 Å². The molecule has 0 unspecified atom stereocenters. The summed E-state index contributed by atoms with van der Waals surface area (Å²) in [4.78, 5) is 53.1. The van der Waals surface area contributed by atoms with Crippen LogP contribution in [0.3, 0.4) is 0 Å². The Morgan fingerprint density at radius 1 is 1.00 bits per heavy atom. The van der Waals surface area contributed by atoms with Gasteiger partial charge in [0.15, 0.2) is 0 Å². The van der Waals surface area contributed by atoms with Crippen LogP contribution in [0.1, 0.15) is 53.5 Å². The highest BCUT2D eigenvalue weighted by Crippen LogP contribution is 2.40. The number of aryl methyl sites for hydroxylation is 1. The van der Waals surface area contributed by atoms with Gasteiger partial charge in [0.05, 0.1) is 26.1 Å². The standard InChI is InChI=1S/C30H36N2O7Si/c1-20-18-31(28(36)32(25(20)33)26(34)21-13-9-7-10-14-21)30(40(5)6)17-23(38-29(2,3)4)24(39-30)19-37-27(35)22-15-11-8-12-16-22/h7-16,18,23-24,40H,17,19H2,1-6H3/t23-,24+,30-/m0/s1. The van der Waals surface area contributed by atoms with Gasteiger partial charge in [-0.25, -0.2) is 9.59 Å². The van der Waals surface area contributed by atoms with Crippen molar-refractivity contribution in [2.24, 2.45) is 0 Å². The van der Waals surface area contributed by atoms with E-state index >= 15 is 0 Å². The summed E-state index contributed by atoms with van der Waals surface area (Å²) >= 11 is 0. The molecule has 10 heteroatoms. The number of aromatic nitrogens is 2. The summed E-state index contributed by atoms with van der Waals surface area (Å²) < 4.78 is 20.7. The summed E-state index contributed by atoms with van der Waals surface area (Å²) in [6.07, 6.45) is 0.563. The molecular formula is C30H36N2O7Si. The number of hydrogen-bond donors (Lipinski definition) is 0. The van der Waals surface area contributed by atoms with Crippen molar-refractivity contribution in [3.8, 4) is 0 Å². The zero-order chi connectivity index (χ0) is 29.2. The predicted octanol–water partition coefficient (Wildman–Crippen LogP) is 3.52. The molecule has 4 rings (SSSR count). The first-order chi connectivity index (χ1) is 18.8. The van der Waals surface area contributed by atoms with Crippen molar-refractivity contribution in [1.82, 2.24) is 9.13 Å². The van der Waals surface area contributed by atoms with Crippen LogP contribution >= 0.6 is 0 Å². The lowest BCUT2D eigenvalue weighted by atomic mass is 10.1. The fraction of sp³-hybridized carbons (Fsp3) is 0.400. The minimum absolute atomic E-state index is 0.0896. The van der Waals surface area contributed by atoms with Crippen molar-refractivity contribution in [3.05, 3.63) is 104 Å². The summed E-state index contributed by atoms with van der Waals surface area (Å²) in [5.41, 5.74) is -1.13. The minimum atomic E-state index is -1.94. The van der Waals surface area contributed by atoms with E-state index in [1.165, 1.54) is 10.8 Å². The smallest absolute Gasteiger partial charge is 0.340 e. The number of hydrogen-bond acceptors (Lipinski definition) is 7. The zero-order valence-electron chi connectivity index (χ0n) is 23.7. The molecule has 2 aromatic carbocycles. The number of ether oxygens (including phenoxy) is 3. The van der Waals surface area contributed by atoms with Crippen molar-refractivity contribution in [2.75, 3.05) is 6.61 Å². The second-order valence-electron chi connectivity index (χ2n) is 11.4. The van der Waals surface area contributed by atoms with Gasteiger partial charge in [0.1, 0.15) is 18.1 Å². The van der Waals surface area contributed by atoms with Gasteiger partial charge < -0.3 is 14.2 Å². The molecule has 3 atom stereocenters. The number of nitrogens with zero attached hydrogens (tertiary/aromatic N) is 2. The van der Waals surface area contributed by atoms with Crippen molar-refractivity contribution in [1.29, 1.82) is 0 Å². The van der Waals surface area contributed by atoms with E-state index < -0.39 is 55.1 Å². The molecule has 212 valence electrons. The predicted molar refractivity (Wildman–Crippen MR) is 154 cm³/mol. The fourth-order valence-electron chi connectivity index (χ4n) is 4.97. The number of rotatable bonds is 7. The molecule has 1 aromatic heterocycles. The SMILES string of the molecule is Cc1cn([C@@]2([SiH](C)C)C[C@H](OC(C)(C)C)[C@@H](COC(=O)c3ccccc3)O2)c(=O)n(C(=O)c2ccccc2)c1=O. The van der Waals surface area contributed by atoms with Gasteiger partial charge in [-0.2, -0.15) is 4.57 Å². The van der Waals surface area contributed by atoms with E-state index in [4.69, 9.17) is 14.2 Å². The summed E-state index contributed by atoms with van der Waals surface area (Å²) in [7, 11) is -1.94. The topological polar surface area (TPSA) is 106 Å². The molecule has 9 nitrogen and oxygen atoms in total. The maximum Gasteiger partial charge on any atom is 0.340 e. The van der Waals surface area contributed by atoms with Gasteiger partial charge in [-0.1, -0.05) is 49.5 Å². The van der Waals surface area contributed by atoms with Crippen LogP contribution in [0.5, 0.6) is 0 Å². The fourth-order valence-corrected chi connectivity index (χ4v) is 6.87. The first-order valence-electron chi connectivity index (χ1n) is 13.4. The molecule has 0 bridgehead atoms. The number of esters is 1. The van der Waals surface area contributed by atoms with Crippen LogP contribution < -0.4 is 11.2 Å². The van der Waals surface area contributed by atoms with E-state index in [9.17, 15) is 19.2 Å². The van der Waals surface area contributed by atoms with Crippen LogP contribution in [-0.4, -0.2) is 54.2 Å². The van der Waals surface area contributed by atoms with Gasteiger partial charge in [-0.15, -0.1) is 0 Å². The first kappa shape index (κ1) is 29.4. The lowest BCUT2D eigenvalue weighted by molar-refractivity contribution is -0.115. The highest BCUT2D eigenvalue weighted by molar-refractivity contribution is 6.58. The molecule has 1 aliphatic heterocycles. The van der Waals surface area contributed by atoms with E-state index in [0.717, 1.165) is 0 Å². The quantitative estimate of drug-likeness (QED) is 0.319. The molecule has 40 heavy (non-hydrogen) atoms. The van der Waals surface area contributed by atoms with E-state index in [0.29, 0.717) is 16.6 Å². The van der Waals surface area contributed by atoms with Gasteiger partial charge in [-0.3, -0.25) is 14.2 Å². The average Bonchev–Trinajstić information content (AvgIpc) is 3.28. The third-order valence-corrected chi connectivity index (χ3v) is 9.41. The molecule has 1 aliphatic rings. The van der Waals surface area contributed by atoms with Gasteiger partial charge in [0.25, 0.3) is 11.5 Å². The largest absolute Gasteiger partial charge is 0.459 e. The summed E-state index contributed by atoms with van der Waals surface area (Å²) in [6.45, 7) is 11.3. The van der Waals surface area contributed by atoms with E-state index in [-0.39, 0.29) is 17.7 Å². The highest BCUT2D eigenvalue weighted by Gasteiger charge is 2.53. The van der Waals surface area contributed by atoms with Crippen LogP contribution in [-0.2, 0) is 19.6 Å². The lowest BCUT2D eigenvalue weighted by Crippen LogP contribution is -2.55. The third kappa shape index (κ3) is 5.94. The zero-order valence-corrected chi connectivity index (χ0v) is 24.9. The molecule has 3 aromatic rings. The number of benzene rings is 2. The first-order valence-corrected chi connectivity index (χ1v) is 16.3.